The summed E-state index contributed by atoms with van der Waals surface area (Å²) in [5, 5.41) is 13.9. The maximum absolute atomic E-state index is 12.4. The Hall–Kier alpha value is -3.47. The molecule has 3 aromatic rings. The molecule has 5 nitrogen and oxygen atoms in total. The van der Waals surface area contributed by atoms with Crippen LogP contribution in [-0.2, 0) is 4.79 Å². The third-order valence-corrected chi connectivity index (χ3v) is 3.81. The lowest BCUT2D eigenvalue weighted by molar-refractivity contribution is -0.112. The predicted octanol–water partition coefficient (Wildman–Crippen LogP) is 3.98. The fourth-order valence-electron chi connectivity index (χ4n) is 2.51. The molecule has 2 aromatic carbocycles. The molecule has 5 heteroatoms. The molecule has 3 rings (SSSR count). The number of nitrogens with zero attached hydrogens (tertiary/aromatic N) is 1. The third kappa shape index (κ3) is 3.72. The fourth-order valence-corrected chi connectivity index (χ4v) is 2.51. The second-order valence-electron chi connectivity index (χ2n) is 5.61. The first kappa shape index (κ1) is 16.4. The van der Waals surface area contributed by atoms with E-state index in [2.05, 4.69) is 10.3 Å². The SMILES string of the molecule is C/C(=C\c1ccc2cnccc2c1)C(=O)Nc1ccccc1C(=O)O. The molecular weight excluding hydrogens is 316 g/mol. The highest BCUT2D eigenvalue weighted by Gasteiger charge is 2.12. The van der Waals surface area contributed by atoms with Crippen LogP contribution >= 0.6 is 0 Å². The maximum Gasteiger partial charge on any atom is 0.337 e. The van der Waals surface area contributed by atoms with Gasteiger partial charge in [-0.2, -0.15) is 0 Å². The zero-order chi connectivity index (χ0) is 17.8. The molecule has 25 heavy (non-hydrogen) atoms. The third-order valence-electron chi connectivity index (χ3n) is 3.81. The van der Waals surface area contributed by atoms with E-state index < -0.39 is 5.97 Å². The lowest BCUT2D eigenvalue weighted by Gasteiger charge is -2.08. The molecule has 1 amide bonds. The minimum absolute atomic E-state index is 0.0573. The standard InChI is InChI=1S/C20H16N2O3/c1-13(10-14-6-7-16-12-21-9-8-15(16)11-14)19(23)22-18-5-3-2-4-17(18)20(24)25/h2-12H,1H3,(H,22,23)(H,24,25)/b13-10+. The molecule has 0 fully saturated rings. The van der Waals surface area contributed by atoms with Crippen molar-refractivity contribution in [2.75, 3.05) is 5.32 Å². The first-order chi connectivity index (χ1) is 12.0. The van der Waals surface area contributed by atoms with Gasteiger partial charge in [0.05, 0.1) is 11.3 Å². The van der Waals surface area contributed by atoms with Gasteiger partial charge in [0.1, 0.15) is 0 Å². The number of amides is 1. The number of hydrogen-bond acceptors (Lipinski definition) is 3. The molecule has 0 spiro atoms. The van der Waals surface area contributed by atoms with Gasteiger partial charge in [-0.1, -0.05) is 24.3 Å². The Bertz CT molecular complexity index is 993. The Kier molecular flexibility index (Phi) is 4.57. The summed E-state index contributed by atoms with van der Waals surface area (Å²) in [6.45, 7) is 1.69. The van der Waals surface area contributed by atoms with Gasteiger partial charge in [-0.15, -0.1) is 0 Å². The van der Waals surface area contributed by atoms with Crippen LogP contribution in [0.25, 0.3) is 16.8 Å². The molecule has 0 atom stereocenters. The first-order valence-electron chi connectivity index (χ1n) is 7.70. The molecule has 0 aliphatic carbocycles. The number of para-hydroxylation sites is 1. The molecule has 0 saturated carbocycles. The van der Waals surface area contributed by atoms with Crippen LogP contribution in [-0.4, -0.2) is 22.0 Å². The van der Waals surface area contributed by atoms with E-state index in [0.29, 0.717) is 5.57 Å². The molecular formula is C20H16N2O3. The fraction of sp³-hybridized carbons (Fsp3) is 0.0500. The second kappa shape index (κ2) is 6.97. The topological polar surface area (TPSA) is 79.3 Å². The summed E-state index contributed by atoms with van der Waals surface area (Å²) in [5.41, 5.74) is 1.70. The number of carboxylic acid groups (broad SMARTS) is 1. The van der Waals surface area contributed by atoms with Crippen molar-refractivity contribution < 1.29 is 14.7 Å². The number of pyridine rings is 1. The highest BCUT2D eigenvalue weighted by Crippen LogP contribution is 2.19. The zero-order valence-electron chi connectivity index (χ0n) is 13.6. The Morgan fingerprint density at radius 1 is 1.08 bits per heavy atom. The normalized spacial score (nSPS) is 11.3. The molecule has 1 aromatic heterocycles. The number of rotatable bonds is 4. The van der Waals surface area contributed by atoms with Crippen molar-refractivity contribution in [3.63, 3.8) is 0 Å². The van der Waals surface area contributed by atoms with Crippen molar-refractivity contribution in [3.8, 4) is 0 Å². The van der Waals surface area contributed by atoms with E-state index >= 15 is 0 Å². The summed E-state index contributed by atoms with van der Waals surface area (Å²) in [6, 6.07) is 14.0. The van der Waals surface area contributed by atoms with E-state index in [0.717, 1.165) is 16.3 Å². The highest BCUT2D eigenvalue weighted by atomic mass is 16.4. The van der Waals surface area contributed by atoms with E-state index in [-0.39, 0.29) is 17.2 Å². The van der Waals surface area contributed by atoms with Crippen molar-refractivity contribution in [1.29, 1.82) is 0 Å². The largest absolute Gasteiger partial charge is 0.478 e. The van der Waals surface area contributed by atoms with E-state index in [1.54, 1.807) is 43.6 Å². The average molecular weight is 332 g/mol. The lowest BCUT2D eigenvalue weighted by atomic mass is 10.1. The van der Waals surface area contributed by atoms with Crippen LogP contribution in [0, 0.1) is 0 Å². The minimum Gasteiger partial charge on any atom is -0.478 e. The van der Waals surface area contributed by atoms with Crippen molar-refractivity contribution in [1.82, 2.24) is 4.98 Å². The van der Waals surface area contributed by atoms with Gasteiger partial charge >= 0.3 is 5.97 Å². The van der Waals surface area contributed by atoms with Crippen molar-refractivity contribution in [2.45, 2.75) is 6.92 Å². The van der Waals surface area contributed by atoms with Gasteiger partial charge < -0.3 is 10.4 Å². The summed E-state index contributed by atoms with van der Waals surface area (Å²) in [6.07, 6.45) is 5.27. The van der Waals surface area contributed by atoms with E-state index in [1.807, 2.05) is 24.3 Å². The maximum atomic E-state index is 12.4. The second-order valence-corrected chi connectivity index (χ2v) is 5.61. The number of carbonyl (C=O) groups is 2. The number of hydrogen-bond donors (Lipinski definition) is 2. The van der Waals surface area contributed by atoms with Crippen molar-refractivity contribution >= 4 is 34.4 Å². The Morgan fingerprint density at radius 2 is 1.88 bits per heavy atom. The average Bonchev–Trinajstić information content (AvgIpc) is 2.61. The number of anilines is 1. The minimum atomic E-state index is -1.08. The van der Waals surface area contributed by atoms with Crippen LogP contribution in [0.1, 0.15) is 22.8 Å². The number of aromatic carboxylic acids is 1. The van der Waals surface area contributed by atoms with Crippen molar-refractivity contribution in [2.24, 2.45) is 0 Å². The molecule has 0 unspecified atom stereocenters. The van der Waals surface area contributed by atoms with Crippen LogP contribution in [0.3, 0.4) is 0 Å². The Labute approximate surface area is 144 Å². The summed E-state index contributed by atoms with van der Waals surface area (Å²) in [5.74, 6) is -1.43. The van der Waals surface area contributed by atoms with E-state index in [9.17, 15) is 14.7 Å². The molecule has 0 aliphatic heterocycles. The smallest absolute Gasteiger partial charge is 0.337 e. The number of carboxylic acids is 1. The summed E-state index contributed by atoms with van der Waals surface area (Å²) in [7, 11) is 0. The van der Waals surface area contributed by atoms with Gasteiger partial charge in [0.15, 0.2) is 0 Å². The Balaban J connectivity index is 1.84. The van der Waals surface area contributed by atoms with Crippen LogP contribution < -0.4 is 5.32 Å². The lowest BCUT2D eigenvalue weighted by Crippen LogP contribution is -2.15. The number of benzene rings is 2. The quantitative estimate of drug-likeness (QED) is 0.708. The van der Waals surface area contributed by atoms with Gasteiger partial charge in [0.2, 0.25) is 0 Å². The monoisotopic (exact) mass is 332 g/mol. The molecule has 0 bridgehead atoms. The zero-order valence-corrected chi connectivity index (χ0v) is 13.6. The summed E-state index contributed by atoms with van der Waals surface area (Å²) in [4.78, 5) is 27.7. The molecule has 2 N–H and O–H groups in total. The van der Waals surface area contributed by atoms with E-state index in [1.165, 1.54) is 6.07 Å². The van der Waals surface area contributed by atoms with Crippen LogP contribution in [0.2, 0.25) is 0 Å². The number of carbonyl (C=O) groups excluding carboxylic acids is 1. The molecule has 0 aliphatic rings. The van der Waals surface area contributed by atoms with Crippen LogP contribution in [0.5, 0.6) is 0 Å². The van der Waals surface area contributed by atoms with E-state index in [4.69, 9.17) is 0 Å². The summed E-state index contributed by atoms with van der Waals surface area (Å²) >= 11 is 0. The molecule has 124 valence electrons. The van der Waals surface area contributed by atoms with Gasteiger partial charge in [0, 0.05) is 23.4 Å². The van der Waals surface area contributed by atoms with Crippen LogP contribution in [0.15, 0.2) is 66.5 Å². The predicted molar refractivity (Wildman–Crippen MR) is 97.4 cm³/mol. The molecule has 1 heterocycles. The number of aromatic nitrogens is 1. The van der Waals surface area contributed by atoms with Crippen molar-refractivity contribution in [3.05, 3.63) is 77.6 Å². The Morgan fingerprint density at radius 3 is 2.68 bits per heavy atom. The van der Waals surface area contributed by atoms with Gasteiger partial charge in [-0.3, -0.25) is 9.78 Å². The van der Waals surface area contributed by atoms with Gasteiger partial charge in [0.25, 0.3) is 5.91 Å². The first-order valence-corrected chi connectivity index (χ1v) is 7.70. The summed E-state index contributed by atoms with van der Waals surface area (Å²) < 4.78 is 0. The molecule has 0 radical (unpaired) electrons. The highest BCUT2D eigenvalue weighted by molar-refractivity contribution is 6.09. The molecule has 0 saturated heterocycles. The number of nitrogens with one attached hydrogen (secondary N) is 1. The van der Waals surface area contributed by atoms with Gasteiger partial charge in [-0.25, -0.2) is 4.79 Å². The number of fused-ring (bicyclic) bond motifs is 1. The van der Waals surface area contributed by atoms with Crippen LogP contribution in [0.4, 0.5) is 5.69 Å². The van der Waals surface area contributed by atoms with Gasteiger partial charge in [-0.05, 0) is 48.2 Å².